The molecule has 0 aromatic carbocycles. The maximum Gasteiger partial charge on any atom is 0.163 e. The largest absolute Gasteiger partial charge is 0.370 e. The standard InChI is InChI=1S/C14H22N6/c1-6-7-16-11-10(2)12(20-9-15-8-17-20)19-13(18-11)14(3,4)5/h8-9H,6-7H2,1-5H3,(H,16,18,19). The third-order valence-corrected chi connectivity index (χ3v) is 2.97. The van der Waals surface area contributed by atoms with Gasteiger partial charge in [0.05, 0.1) is 0 Å². The second-order valence-corrected chi connectivity index (χ2v) is 5.86. The molecule has 0 spiro atoms. The highest BCUT2D eigenvalue weighted by Crippen LogP contribution is 2.25. The SMILES string of the molecule is CCCNc1nc(C(C)(C)C)nc(-n2cncn2)c1C. The first kappa shape index (κ1) is 14.4. The van der Waals surface area contributed by atoms with Gasteiger partial charge in [-0.25, -0.2) is 19.6 Å². The van der Waals surface area contributed by atoms with Gasteiger partial charge in [0.25, 0.3) is 0 Å². The monoisotopic (exact) mass is 274 g/mol. The van der Waals surface area contributed by atoms with Crippen molar-refractivity contribution < 1.29 is 0 Å². The lowest BCUT2D eigenvalue weighted by atomic mass is 9.95. The predicted molar refractivity (Wildman–Crippen MR) is 79.2 cm³/mol. The van der Waals surface area contributed by atoms with Gasteiger partial charge in [-0.3, -0.25) is 0 Å². The van der Waals surface area contributed by atoms with E-state index >= 15 is 0 Å². The highest BCUT2D eigenvalue weighted by Gasteiger charge is 2.21. The first-order valence-corrected chi connectivity index (χ1v) is 6.91. The highest BCUT2D eigenvalue weighted by atomic mass is 15.3. The Balaban J connectivity index is 2.55. The van der Waals surface area contributed by atoms with Gasteiger partial charge in [0.1, 0.15) is 24.3 Å². The third-order valence-electron chi connectivity index (χ3n) is 2.97. The lowest BCUT2D eigenvalue weighted by Crippen LogP contribution is -2.20. The van der Waals surface area contributed by atoms with Crippen LogP contribution in [-0.4, -0.2) is 31.3 Å². The molecule has 2 aromatic rings. The number of aromatic nitrogens is 5. The van der Waals surface area contributed by atoms with Crippen molar-refractivity contribution in [2.24, 2.45) is 0 Å². The minimum atomic E-state index is -0.119. The molecule has 20 heavy (non-hydrogen) atoms. The van der Waals surface area contributed by atoms with Gasteiger partial charge in [-0.2, -0.15) is 5.10 Å². The average molecular weight is 274 g/mol. The summed E-state index contributed by atoms with van der Waals surface area (Å²) in [7, 11) is 0. The van der Waals surface area contributed by atoms with E-state index in [1.807, 2.05) is 6.92 Å². The fraction of sp³-hybridized carbons (Fsp3) is 0.571. The van der Waals surface area contributed by atoms with Crippen LogP contribution in [0.4, 0.5) is 5.82 Å². The van der Waals surface area contributed by atoms with Crippen molar-refractivity contribution in [3.63, 3.8) is 0 Å². The van der Waals surface area contributed by atoms with Crippen LogP contribution in [0, 0.1) is 6.92 Å². The summed E-state index contributed by atoms with van der Waals surface area (Å²) in [4.78, 5) is 13.3. The van der Waals surface area contributed by atoms with Gasteiger partial charge < -0.3 is 5.32 Å². The summed E-state index contributed by atoms with van der Waals surface area (Å²) in [6.45, 7) is 11.3. The van der Waals surface area contributed by atoms with Crippen LogP contribution in [-0.2, 0) is 5.41 Å². The van der Waals surface area contributed by atoms with E-state index < -0.39 is 0 Å². The highest BCUT2D eigenvalue weighted by molar-refractivity contribution is 5.51. The summed E-state index contributed by atoms with van der Waals surface area (Å²) in [5, 5.41) is 7.54. The second kappa shape index (κ2) is 5.56. The normalized spacial score (nSPS) is 11.7. The Morgan fingerprint density at radius 3 is 2.55 bits per heavy atom. The van der Waals surface area contributed by atoms with Crippen LogP contribution in [0.2, 0.25) is 0 Å². The molecule has 108 valence electrons. The molecule has 0 aliphatic heterocycles. The zero-order chi connectivity index (χ0) is 14.8. The fourth-order valence-corrected chi connectivity index (χ4v) is 1.80. The Kier molecular flexibility index (Phi) is 4.01. The molecule has 0 saturated heterocycles. The van der Waals surface area contributed by atoms with E-state index in [1.54, 1.807) is 11.0 Å². The van der Waals surface area contributed by atoms with Crippen molar-refractivity contribution in [1.29, 1.82) is 0 Å². The van der Waals surface area contributed by atoms with Crippen LogP contribution in [0.1, 0.15) is 45.5 Å². The molecule has 2 aromatic heterocycles. The molecule has 0 radical (unpaired) electrons. The Hall–Kier alpha value is -1.98. The molecule has 0 unspecified atom stereocenters. The van der Waals surface area contributed by atoms with E-state index in [0.29, 0.717) is 0 Å². The van der Waals surface area contributed by atoms with Crippen LogP contribution in [0.25, 0.3) is 5.82 Å². The minimum Gasteiger partial charge on any atom is -0.370 e. The maximum atomic E-state index is 4.67. The molecule has 1 N–H and O–H groups in total. The predicted octanol–water partition coefficient (Wildman–Crippen LogP) is 2.49. The summed E-state index contributed by atoms with van der Waals surface area (Å²) in [6, 6.07) is 0. The number of anilines is 1. The van der Waals surface area contributed by atoms with E-state index in [2.05, 4.69) is 53.1 Å². The van der Waals surface area contributed by atoms with Crippen LogP contribution >= 0.6 is 0 Å². The molecule has 0 fully saturated rings. The Bertz CT molecular complexity index is 568. The Morgan fingerprint density at radius 1 is 1.25 bits per heavy atom. The molecule has 0 aliphatic carbocycles. The molecular weight excluding hydrogens is 252 g/mol. The van der Waals surface area contributed by atoms with Gasteiger partial charge in [-0.15, -0.1) is 0 Å². The van der Waals surface area contributed by atoms with Crippen molar-refractivity contribution in [2.45, 2.75) is 46.5 Å². The fourth-order valence-electron chi connectivity index (χ4n) is 1.80. The molecule has 0 aliphatic rings. The van der Waals surface area contributed by atoms with E-state index in [1.165, 1.54) is 6.33 Å². The molecule has 0 amide bonds. The molecular formula is C14H22N6. The first-order valence-electron chi connectivity index (χ1n) is 6.91. The molecule has 0 saturated carbocycles. The van der Waals surface area contributed by atoms with Crippen molar-refractivity contribution in [1.82, 2.24) is 24.7 Å². The van der Waals surface area contributed by atoms with Gasteiger partial charge in [0, 0.05) is 17.5 Å². The number of hydrogen-bond acceptors (Lipinski definition) is 5. The van der Waals surface area contributed by atoms with Gasteiger partial charge in [-0.05, 0) is 13.3 Å². The van der Waals surface area contributed by atoms with Gasteiger partial charge in [0.2, 0.25) is 0 Å². The molecule has 0 bridgehead atoms. The molecule has 0 atom stereocenters. The van der Waals surface area contributed by atoms with E-state index in [4.69, 9.17) is 0 Å². The molecule has 2 heterocycles. The lowest BCUT2D eigenvalue weighted by Gasteiger charge is -2.20. The van der Waals surface area contributed by atoms with E-state index in [9.17, 15) is 0 Å². The topological polar surface area (TPSA) is 68.5 Å². The van der Waals surface area contributed by atoms with Crippen LogP contribution < -0.4 is 5.32 Å². The second-order valence-electron chi connectivity index (χ2n) is 5.86. The summed E-state index contributed by atoms with van der Waals surface area (Å²) >= 11 is 0. The third kappa shape index (κ3) is 2.95. The van der Waals surface area contributed by atoms with Crippen molar-refractivity contribution in [3.05, 3.63) is 24.0 Å². The van der Waals surface area contributed by atoms with Crippen molar-refractivity contribution in [2.75, 3.05) is 11.9 Å². The number of rotatable bonds is 4. The van der Waals surface area contributed by atoms with Crippen molar-refractivity contribution in [3.8, 4) is 5.82 Å². The molecule has 6 nitrogen and oxygen atoms in total. The molecule has 6 heteroatoms. The summed E-state index contributed by atoms with van der Waals surface area (Å²) in [5.41, 5.74) is 0.864. The molecule has 2 rings (SSSR count). The quantitative estimate of drug-likeness (QED) is 0.927. The summed E-state index contributed by atoms with van der Waals surface area (Å²) in [6.07, 6.45) is 4.22. The summed E-state index contributed by atoms with van der Waals surface area (Å²) in [5.74, 6) is 2.45. The number of hydrogen-bond donors (Lipinski definition) is 1. The summed E-state index contributed by atoms with van der Waals surface area (Å²) < 4.78 is 1.68. The van der Waals surface area contributed by atoms with Crippen LogP contribution in [0.5, 0.6) is 0 Å². The Morgan fingerprint density at radius 2 is 2.00 bits per heavy atom. The number of nitrogens with zero attached hydrogens (tertiary/aromatic N) is 5. The van der Waals surface area contributed by atoms with Crippen LogP contribution in [0.3, 0.4) is 0 Å². The van der Waals surface area contributed by atoms with Gasteiger partial charge >= 0.3 is 0 Å². The van der Waals surface area contributed by atoms with Gasteiger partial charge in [0.15, 0.2) is 5.82 Å². The first-order chi connectivity index (χ1) is 9.43. The van der Waals surface area contributed by atoms with E-state index in [-0.39, 0.29) is 5.41 Å². The minimum absolute atomic E-state index is 0.119. The van der Waals surface area contributed by atoms with Crippen molar-refractivity contribution >= 4 is 5.82 Å². The van der Waals surface area contributed by atoms with E-state index in [0.717, 1.165) is 36.0 Å². The zero-order valence-corrected chi connectivity index (χ0v) is 12.8. The van der Waals surface area contributed by atoms with Crippen LogP contribution in [0.15, 0.2) is 12.7 Å². The smallest absolute Gasteiger partial charge is 0.163 e. The average Bonchev–Trinajstić information content (AvgIpc) is 2.90. The Labute approximate surface area is 119 Å². The zero-order valence-electron chi connectivity index (χ0n) is 12.8. The maximum absolute atomic E-state index is 4.67. The van der Waals surface area contributed by atoms with Gasteiger partial charge in [-0.1, -0.05) is 27.7 Å². The lowest BCUT2D eigenvalue weighted by molar-refractivity contribution is 0.541. The number of nitrogens with one attached hydrogen (secondary N) is 1.